The molecule has 0 saturated carbocycles. The second-order valence-corrected chi connectivity index (χ2v) is 5.37. The van der Waals surface area contributed by atoms with Crippen molar-refractivity contribution < 1.29 is 13.7 Å². The lowest BCUT2D eigenvalue weighted by atomic mass is 10.2. The Hall–Kier alpha value is -2.90. The molecule has 8 nitrogen and oxygen atoms in total. The van der Waals surface area contributed by atoms with E-state index in [1.54, 1.807) is 25.1 Å². The lowest BCUT2D eigenvalue weighted by molar-refractivity contribution is 0.247. The lowest BCUT2D eigenvalue weighted by Gasteiger charge is -2.14. The molecule has 1 atom stereocenters. The van der Waals surface area contributed by atoms with E-state index in [2.05, 4.69) is 25.8 Å². The molecule has 0 unspecified atom stereocenters. The van der Waals surface area contributed by atoms with Gasteiger partial charge in [0.05, 0.1) is 6.04 Å². The number of carbonyl (C=O) groups is 1. The predicted molar refractivity (Wildman–Crippen MR) is 87.6 cm³/mol. The Morgan fingerprint density at radius 2 is 2.12 bits per heavy atom. The van der Waals surface area contributed by atoms with Crippen LogP contribution in [0.5, 0.6) is 0 Å². The molecule has 2 aromatic heterocycles. The van der Waals surface area contributed by atoms with Gasteiger partial charge in [0.2, 0.25) is 5.89 Å². The number of aryl methyl sites for hydroxylation is 2. The number of hydrogen-bond acceptors (Lipinski definition) is 6. The first-order valence-electron chi connectivity index (χ1n) is 7.86. The van der Waals surface area contributed by atoms with Crippen LogP contribution in [0.15, 0.2) is 27.1 Å². The fraction of sp³-hybridized carbons (Fsp3) is 0.375. The third-order valence-corrected chi connectivity index (χ3v) is 3.56. The van der Waals surface area contributed by atoms with E-state index in [1.807, 2.05) is 13.8 Å². The minimum absolute atomic E-state index is 0.315. The van der Waals surface area contributed by atoms with E-state index >= 15 is 0 Å². The number of carbonyl (C=O) groups excluding carboxylic acids is 1. The van der Waals surface area contributed by atoms with E-state index in [1.165, 1.54) is 0 Å². The van der Waals surface area contributed by atoms with Crippen molar-refractivity contribution in [1.82, 2.24) is 20.4 Å². The van der Waals surface area contributed by atoms with Crippen LogP contribution in [0.3, 0.4) is 0 Å². The number of aromatic nitrogens is 3. The molecule has 0 aliphatic carbocycles. The van der Waals surface area contributed by atoms with Gasteiger partial charge in [-0.3, -0.25) is 0 Å². The van der Waals surface area contributed by atoms with E-state index in [4.69, 9.17) is 8.94 Å². The van der Waals surface area contributed by atoms with Gasteiger partial charge in [-0.05, 0) is 24.6 Å². The predicted octanol–water partition coefficient (Wildman–Crippen LogP) is 3.35. The van der Waals surface area contributed by atoms with Crippen molar-refractivity contribution in [1.29, 1.82) is 0 Å². The van der Waals surface area contributed by atoms with Crippen LogP contribution in [0.2, 0.25) is 0 Å². The smallest absolute Gasteiger partial charge is 0.319 e. The number of fused-ring (bicyclic) bond motifs is 1. The van der Waals surface area contributed by atoms with Gasteiger partial charge in [0.15, 0.2) is 17.3 Å². The number of urea groups is 1. The number of hydrogen-bond donors (Lipinski definition) is 2. The van der Waals surface area contributed by atoms with Gasteiger partial charge >= 0.3 is 6.03 Å². The standard InChI is InChI=1S/C16H19N5O3/c1-4-11(15-17-9(3)24-21-15)20-16(22)18-10-6-7-13-12(8-10)19-14(5-2)23-13/h6-8,11H,4-5H2,1-3H3,(H2,18,20,22)/t11-/m1/s1. The summed E-state index contributed by atoms with van der Waals surface area (Å²) in [5.74, 6) is 1.60. The van der Waals surface area contributed by atoms with Gasteiger partial charge in [0, 0.05) is 19.0 Å². The highest BCUT2D eigenvalue weighted by molar-refractivity contribution is 5.91. The maximum absolute atomic E-state index is 12.2. The Labute approximate surface area is 138 Å². The molecule has 2 amide bonds. The largest absolute Gasteiger partial charge is 0.441 e. The molecule has 0 aliphatic heterocycles. The van der Waals surface area contributed by atoms with Gasteiger partial charge in [0.25, 0.3) is 0 Å². The SMILES string of the molecule is CCc1nc2cc(NC(=O)N[C@H](CC)c3noc(C)n3)ccc2o1. The third-order valence-electron chi connectivity index (χ3n) is 3.56. The number of amides is 2. The Morgan fingerprint density at radius 1 is 1.29 bits per heavy atom. The molecule has 0 bridgehead atoms. The molecular weight excluding hydrogens is 310 g/mol. The maximum atomic E-state index is 12.2. The van der Waals surface area contributed by atoms with E-state index in [0.29, 0.717) is 40.8 Å². The fourth-order valence-electron chi connectivity index (χ4n) is 2.34. The molecule has 2 heterocycles. The minimum Gasteiger partial charge on any atom is -0.441 e. The molecule has 126 valence electrons. The summed E-state index contributed by atoms with van der Waals surface area (Å²) in [6.07, 6.45) is 1.37. The summed E-state index contributed by atoms with van der Waals surface area (Å²) in [6, 6.07) is 4.67. The number of nitrogens with one attached hydrogen (secondary N) is 2. The highest BCUT2D eigenvalue weighted by Crippen LogP contribution is 2.20. The highest BCUT2D eigenvalue weighted by Gasteiger charge is 2.18. The molecule has 24 heavy (non-hydrogen) atoms. The van der Waals surface area contributed by atoms with Crippen LogP contribution >= 0.6 is 0 Å². The zero-order chi connectivity index (χ0) is 17.1. The number of anilines is 1. The van der Waals surface area contributed by atoms with E-state index in [9.17, 15) is 4.79 Å². The van der Waals surface area contributed by atoms with Gasteiger partial charge in [-0.1, -0.05) is 19.0 Å². The van der Waals surface area contributed by atoms with Crippen LogP contribution < -0.4 is 10.6 Å². The molecule has 3 rings (SSSR count). The molecule has 0 fully saturated rings. The first-order chi connectivity index (χ1) is 11.6. The number of nitrogens with zero attached hydrogens (tertiary/aromatic N) is 3. The molecular formula is C16H19N5O3. The first-order valence-corrected chi connectivity index (χ1v) is 7.86. The third kappa shape index (κ3) is 3.37. The summed E-state index contributed by atoms with van der Waals surface area (Å²) >= 11 is 0. The van der Waals surface area contributed by atoms with E-state index < -0.39 is 0 Å². The molecule has 2 N–H and O–H groups in total. The zero-order valence-electron chi connectivity index (χ0n) is 13.8. The highest BCUT2D eigenvalue weighted by atomic mass is 16.5. The fourth-order valence-corrected chi connectivity index (χ4v) is 2.34. The van der Waals surface area contributed by atoms with Crippen molar-refractivity contribution in [2.75, 3.05) is 5.32 Å². The van der Waals surface area contributed by atoms with Crippen LogP contribution in [0.1, 0.15) is 43.9 Å². The van der Waals surface area contributed by atoms with Gasteiger partial charge in [-0.25, -0.2) is 9.78 Å². The Bertz CT molecular complexity index is 854. The van der Waals surface area contributed by atoms with Crippen molar-refractivity contribution >= 4 is 22.8 Å². The number of benzene rings is 1. The summed E-state index contributed by atoms with van der Waals surface area (Å²) in [7, 11) is 0. The molecule has 0 spiro atoms. The Kier molecular flexibility index (Phi) is 4.45. The first kappa shape index (κ1) is 16.0. The van der Waals surface area contributed by atoms with Crippen molar-refractivity contribution in [3.8, 4) is 0 Å². The van der Waals surface area contributed by atoms with Crippen molar-refractivity contribution in [3.63, 3.8) is 0 Å². The van der Waals surface area contributed by atoms with Crippen LogP contribution in [-0.2, 0) is 6.42 Å². The van der Waals surface area contributed by atoms with Crippen molar-refractivity contribution in [2.45, 2.75) is 39.7 Å². The summed E-state index contributed by atoms with van der Waals surface area (Å²) in [4.78, 5) is 20.7. The van der Waals surface area contributed by atoms with E-state index in [0.717, 1.165) is 6.42 Å². The molecule has 0 saturated heterocycles. The summed E-state index contributed by atoms with van der Waals surface area (Å²) in [6.45, 7) is 5.62. The lowest BCUT2D eigenvalue weighted by Crippen LogP contribution is -2.32. The quantitative estimate of drug-likeness (QED) is 0.743. The zero-order valence-corrected chi connectivity index (χ0v) is 13.8. The Balaban J connectivity index is 1.69. The summed E-state index contributed by atoms with van der Waals surface area (Å²) < 4.78 is 10.5. The van der Waals surface area contributed by atoms with Crippen LogP contribution in [0.4, 0.5) is 10.5 Å². The van der Waals surface area contributed by atoms with Gasteiger partial charge in [-0.2, -0.15) is 4.98 Å². The second kappa shape index (κ2) is 6.69. The average Bonchev–Trinajstić information content (AvgIpc) is 3.17. The maximum Gasteiger partial charge on any atom is 0.319 e. The molecule has 3 aromatic rings. The average molecular weight is 329 g/mol. The summed E-state index contributed by atoms with van der Waals surface area (Å²) in [5.41, 5.74) is 2.05. The minimum atomic E-state index is -0.345. The van der Waals surface area contributed by atoms with Crippen molar-refractivity contribution in [3.05, 3.63) is 35.8 Å². The molecule has 8 heteroatoms. The van der Waals surface area contributed by atoms with Crippen LogP contribution in [0.25, 0.3) is 11.1 Å². The van der Waals surface area contributed by atoms with Crippen molar-refractivity contribution in [2.24, 2.45) is 0 Å². The van der Waals surface area contributed by atoms with Gasteiger partial charge in [-0.15, -0.1) is 0 Å². The molecule has 0 aliphatic rings. The normalized spacial score (nSPS) is 12.3. The second-order valence-electron chi connectivity index (χ2n) is 5.37. The Morgan fingerprint density at radius 3 is 2.79 bits per heavy atom. The molecule has 0 radical (unpaired) electrons. The topological polar surface area (TPSA) is 106 Å². The van der Waals surface area contributed by atoms with Gasteiger partial charge in [0.1, 0.15) is 5.52 Å². The number of rotatable bonds is 5. The van der Waals surface area contributed by atoms with Crippen LogP contribution in [0, 0.1) is 6.92 Å². The summed E-state index contributed by atoms with van der Waals surface area (Å²) in [5, 5.41) is 9.46. The van der Waals surface area contributed by atoms with E-state index in [-0.39, 0.29) is 12.1 Å². The number of oxazole rings is 1. The van der Waals surface area contributed by atoms with Crippen LogP contribution in [-0.4, -0.2) is 21.2 Å². The molecule has 1 aromatic carbocycles. The van der Waals surface area contributed by atoms with Gasteiger partial charge < -0.3 is 19.6 Å². The monoisotopic (exact) mass is 329 g/mol.